The van der Waals surface area contributed by atoms with E-state index >= 15 is 0 Å². The van der Waals surface area contributed by atoms with E-state index in [1.807, 2.05) is 0 Å². The van der Waals surface area contributed by atoms with E-state index < -0.39 is 5.97 Å². The van der Waals surface area contributed by atoms with Crippen molar-refractivity contribution in [2.24, 2.45) is 17.8 Å². The van der Waals surface area contributed by atoms with Gasteiger partial charge in [-0.1, -0.05) is 32.1 Å². The summed E-state index contributed by atoms with van der Waals surface area (Å²) in [4.78, 5) is 11.4. The molecule has 2 aliphatic rings. The molecule has 0 bridgehead atoms. The largest absolute Gasteiger partial charge is 0.481 e. The van der Waals surface area contributed by atoms with Crippen molar-refractivity contribution in [2.75, 3.05) is 0 Å². The zero-order chi connectivity index (χ0) is 10.7. The number of hydrogen-bond donors (Lipinski definition) is 1. The first kappa shape index (κ1) is 11.0. The van der Waals surface area contributed by atoms with E-state index in [0.717, 1.165) is 25.7 Å². The molecule has 0 unspecified atom stereocenters. The quantitative estimate of drug-likeness (QED) is 0.774. The van der Waals surface area contributed by atoms with E-state index in [1.54, 1.807) is 0 Å². The Morgan fingerprint density at radius 1 is 0.867 bits per heavy atom. The van der Waals surface area contributed by atoms with Gasteiger partial charge in [-0.25, -0.2) is 0 Å². The van der Waals surface area contributed by atoms with Crippen molar-refractivity contribution in [3.63, 3.8) is 0 Å². The highest BCUT2D eigenvalue weighted by atomic mass is 16.4. The molecule has 1 N–H and O–H groups in total. The standard InChI is InChI=1S/C13H22O2/c14-13(15)12(11-8-4-5-9-11)10-6-2-1-3-7-10/h10-12H,1-9H2,(H,14,15)/t12-/m1/s1. The second-order valence-corrected chi connectivity index (χ2v) is 5.31. The Morgan fingerprint density at radius 3 is 1.67 bits per heavy atom. The lowest BCUT2D eigenvalue weighted by molar-refractivity contribution is -0.146. The summed E-state index contributed by atoms with van der Waals surface area (Å²) in [6.07, 6.45) is 11.0. The molecule has 0 aromatic heterocycles. The van der Waals surface area contributed by atoms with Gasteiger partial charge in [-0.15, -0.1) is 0 Å². The number of rotatable bonds is 3. The van der Waals surface area contributed by atoms with Gasteiger partial charge < -0.3 is 5.11 Å². The number of hydrogen-bond acceptors (Lipinski definition) is 1. The Labute approximate surface area is 92.1 Å². The first-order valence-electron chi connectivity index (χ1n) is 6.52. The highest BCUT2D eigenvalue weighted by Gasteiger charge is 2.36. The molecule has 2 heteroatoms. The summed E-state index contributed by atoms with van der Waals surface area (Å²) < 4.78 is 0. The van der Waals surface area contributed by atoms with E-state index in [4.69, 9.17) is 0 Å². The van der Waals surface area contributed by atoms with E-state index in [0.29, 0.717) is 11.8 Å². The van der Waals surface area contributed by atoms with Crippen LogP contribution in [0, 0.1) is 17.8 Å². The lowest BCUT2D eigenvalue weighted by Gasteiger charge is -2.31. The molecule has 0 amide bonds. The first-order chi connectivity index (χ1) is 7.29. The smallest absolute Gasteiger partial charge is 0.307 e. The first-order valence-corrected chi connectivity index (χ1v) is 6.52. The summed E-state index contributed by atoms with van der Waals surface area (Å²) in [6.45, 7) is 0. The Bertz CT molecular complexity index is 213. The number of carboxylic acid groups (broad SMARTS) is 1. The van der Waals surface area contributed by atoms with Crippen LogP contribution in [-0.4, -0.2) is 11.1 Å². The molecule has 0 saturated heterocycles. The Balaban J connectivity index is 2.00. The van der Waals surface area contributed by atoms with E-state index in [1.165, 1.54) is 32.1 Å². The van der Waals surface area contributed by atoms with Gasteiger partial charge in [0.05, 0.1) is 5.92 Å². The summed E-state index contributed by atoms with van der Waals surface area (Å²) >= 11 is 0. The number of aliphatic carboxylic acids is 1. The van der Waals surface area contributed by atoms with Crippen LogP contribution >= 0.6 is 0 Å². The molecule has 0 aromatic carbocycles. The van der Waals surface area contributed by atoms with Gasteiger partial charge in [0.15, 0.2) is 0 Å². The summed E-state index contributed by atoms with van der Waals surface area (Å²) in [5, 5.41) is 9.39. The number of carboxylic acids is 1. The summed E-state index contributed by atoms with van der Waals surface area (Å²) in [6, 6.07) is 0. The van der Waals surface area contributed by atoms with Gasteiger partial charge in [0.1, 0.15) is 0 Å². The minimum Gasteiger partial charge on any atom is -0.481 e. The van der Waals surface area contributed by atoms with Crippen molar-refractivity contribution in [2.45, 2.75) is 57.8 Å². The molecule has 2 fully saturated rings. The van der Waals surface area contributed by atoms with Crippen molar-refractivity contribution in [1.82, 2.24) is 0 Å². The van der Waals surface area contributed by atoms with Crippen LogP contribution < -0.4 is 0 Å². The van der Waals surface area contributed by atoms with Crippen molar-refractivity contribution < 1.29 is 9.90 Å². The van der Waals surface area contributed by atoms with E-state index in [2.05, 4.69) is 0 Å². The lowest BCUT2D eigenvalue weighted by atomic mass is 9.73. The molecule has 0 heterocycles. The predicted molar refractivity (Wildman–Crippen MR) is 59.7 cm³/mol. The van der Waals surface area contributed by atoms with E-state index in [9.17, 15) is 9.90 Å². The fourth-order valence-electron chi connectivity index (χ4n) is 3.60. The maximum absolute atomic E-state index is 11.4. The molecule has 2 nitrogen and oxygen atoms in total. The van der Waals surface area contributed by atoms with Crippen LogP contribution in [0.3, 0.4) is 0 Å². The molecule has 86 valence electrons. The van der Waals surface area contributed by atoms with Crippen LogP contribution in [0.25, 0.3) is 0 Å². The normalized spacial score (nSPS) is 26.7. The van der Waals surface area contributed by atoms with Gasteiger partial charge >= 0.3 is 5.97 Å². The monoisotopic (exact) mass is 210 g/mol. The van der Waals surface area contributed by atoms with Gasteiger partial charge in [0.2, 0.25) is 0 Å². The molecule has 0 aliphatic heterocycles. The topological polar surface area (TPSA) is 37.3 Å². The maximum atomic E-state index is 11.4. The Morgan fingerprint density at radius 2 is 1.27 bits per heavy atom. The SMILES string of the molecule is O=C(O)[C@H](C1CCCCC1)C1CCCC1. The van der Waals surface area contributed by atoms with Crippen LogP contribution in [0.4, 0.5) is 0 Å². The van der Waals surface area contributed by atoms with E-state index in [-0.39, 0.29) is 5.92 Å². The van der Waals surface area contributed by atoms with Crippen LogP contribution in [0.2, 0.25) is 0 Å². The lowest BCUT2D eigenvalue weighted by Crippen LogP contribution is -2.31. The average molecular weight is 210 g/mol. The minimum atomic E-state index is -0.520. The third kappa shape index (κ3) is 2.53. The second-order valence-electron chi connectivity index (χ2n) is 5.31. The summed E-state index contributed by atoms with van der Waals surface area (Å²) in [5.41, 5.74) is 0. The molecule has 1 atom stereocenters. The van der Waals surface area contributed by atoms with Gasteiger partial charge in [-0.05, 0) is 37.5 Å². The third-order valence-corrected chi connectivity index (χ3v) is 4.35. The third-order valence-electron chi connectivity index (χ3n) is 4.35. The van der Waals surface area contributed by atoms with Gasteiger partial charge in [-0.2, -0.15) is 0 Å². The fourth-order valence-corrected chi connectivity index (χ4v) is 3.60. The van der Waals surface area contributed by atoms with Crippen molar-refractivity contribution in [3.05, 3.63) is 0 Å². The summed E-state index contributed by atoms with van der Waals surface area (Å²) in [5.74, 6) is 0.437. The maximum Gasteiger partial charge on any atom is 0.307 e. The molecule has 2 rings (SSSR count). The molecular formula is C13H22O2. The van der Waals surface area contributed by atoms with Gasteiger partial charge in [-0.3, -0.25) is 4.79 Å². The van der Waals surface area contributed by atoms with Crippen molar-refractivity contribution in [3.8, 4) is 0 Å². The Hall–Kier alpha value is -0.530. The molecule has 2 aliphatic carbocycles. The zero-order valence-electron chi connectivity index (χ0n) is 9.45. The zero-order valence-corrected chi connectivity index (χ0v) is 9.45. The van der Waals surface area contributed by atoms with Gasteiger partial charge in [0.25, 0.3) is 0 Å². The van der Waals surface area contributed by atoms with Crippen LogP contribution in [0.5, 0.6) is 0 Å². The second kappa shape index (κ2) is 5.00. The molecule has 15 heavy (non-hydrogen) atoms. The minimum absolute atomic E-state index is 0.0206. The molecule has 0 spiro atoms. The van der Waals surface area contributed by atoms with Crippen LogP contribution in [0.1, 0.15) is 57.8 Å². The van der Waals surface area contributed by atoms with Crippen molar-refractivity contribution >= 4 is 5.97 Å². The highest BCUT2D eigenvalue weighted by molar-refractivity contribution is 5.70. The molecule has 0 aromatic rings. The Kier molecular flexibility index (Phi) is 3.66. The van der Waals surface area contributed by atoms with Crippen LogP contribution in [-0.2, 0) is 4.79 Å². The molecular weight excluding hydrogens is 188 g/mol. The molecule has 0 radical (unpaired) electrons. The predicted octanol–water partition coefficient (Wildman–Crippen LogP) is 3.46. The summed E-state index contributed by atoms with van der Waals surface area (Å²) in [7, 11) is 0. The highest BCUT2D eigenvalue weighted by Crippen LogP contribution is 2.40. The molecule has 2 saturated carbocycles. The van der Waals surface area contributed by atoms with Gasteiger partial charge in [0, 0.05) is 0 Å². The van der Waals surface area contributed by atoms with Crippen LogP contribution in [0.15, 0.2) is 0 Å². The van der Waals surface area contributed by atoms with Crippen molar-refractivity contribution in [1.29, 1.82) is 0 Å². The average Bonchev–Trinajstić information content (AvgIpc) is 2.72. The fraction of sp³-hybridized carbons (Fsp3) is 0.923. The number of carbonyl (C=O) groups is 1.